The summed E-state index contributed by atoms with van der Waals surface area (Å²) in [5.41, 5.74) is 0.0945. The van der Waals surface area contributed by atoms with Crippen LogP contribution in [-0.4, -0.2) is 54.7 Å². The van der Waals surface area contributed by atoms with Crippen LogP contribution < -0.4 is 19.7 Å². The lowest BCUT2D eigenvalue weighted by Gasteiger charge is -2.32. The second-order valence-electron chi connectivity index (χ2n) is 8.82. The molecule has 0 atom stereocenters. The fourth-order valence-electron chi connectivity index (χ4n) is 3.44. The molecule has 3 heterocycles. The molecular formula is C21H31N7O4S. The summed E-state index contributed by atoms with van der Waals surface area (Å²) in [6.45, 7) is 6.88. The van der Waals surface area contributed by atoms with Crippen LogP contribution in [0.4, 0.5) is 22.2 Å². The largest absolute Gasteiger partial charge is 0.443 e. The Morgan fingerprint density at radius 3 is 2.52 bits per heavy atom. The number of aromatic nitrogens is 3. The number of amides is 1. The van der Waals surface area contributed by atoms with Gasteiger partial charge in [-0.15, -0.1) is 0 Å². The van der Waals surface area contributed by atoms with E-state index in [0.717, 1.165) is 37.4 Å². The van der Waals surface area contributed by atoms with E-state index < -0.39 is 21.9 Å². The number of hydrogen-bond acceptors (Lipinski definition) is 9. The van der Waals surface area contributed by atoms with E-state index in [1.165, 1.54) is 0 Å². The third-order valence-electron chi connectivity index (χ3n) is 4.98. The summed E-state index contributed by atoms with van der Waals surface area (Å²) >= 11 is 0. The highest BCUT2D eigenvalue weighted by molar-refractivity contribution is 7.88. The van der Waals surface area contributed by atoms with Crippen molar-refractivity contribution in [3.05, 3.63) is 36.8 Å². The molecule has 0 aliphatic carbocycles. The maximum atomic E-state index is 12.0. The Balaban J connectivity index is 1.42. The summed E-state index contributed by atoms with van der Waals surface area (Å²) in [5, 5.41) is 3.17. The molecule has 12 heteroatoms. The highest BCUT2D eigenvalue weighted by Gasteiger charge is 2.23. The number of piperidine rings is 1. The van der Waals surface area contributed by atoms with E-state index in [1.54, 1.807) is 39.4 Å². The van der Waals surface area contributed by atoms with Gasteiger partial charge in [0.15, 0.2) is 0 Å². The maximum Gasteiger partial charge on any atom is 0.422 e. The maximum absolute atomic E-state index is 12.0. The average Bonchev–Trinajstić information content (AvgIpc) is 2.73. The van der Waals surface area contributed by atoms with Crippen LogP contribution in [0.5, 0.6) is 0 Å². The topological polar surface area (TPSA) is 138 Å². The fourth-order valence-corrected chi connectivity index (χ4v) is 4.16. The number of ether oxygens (including phenoxy) is 1. The first-order valence-electron chi connectivity index (χ1n) is 10.8. The van der Waals surface area contributed by atoms with Crippen LogP contribution in [-0.2, 0) is 14.9 Å². The van der Waals surface area contributed by atoms with E-state index in [1.807, 2.05) is 22.9 Å². The van der Waals surface area contributed by atoms with Crippen molar-refractivity contribution in [3.8, 4) is 0 Å². The zero-order chi connectivity index (χ0) is 23.9. The summed E-state index contributed by atoms with van der Waals surface area (Å²) in [7, 11) is -3.95. The van der Waals surface area contributed by atoms with Crippen molar-refractivity contribution >= 4 is 33.8 Å². The highest BCUT2D eigenvalue weighted by atomic mass is 32.2. The van der Waals surface area contributed by atoms with Gasteiger partial charge in [-0.1, -0.05) is 0 Å². The molecule has 1 amide bonds. The summed E-state index contributed by atoms with van der Waals surface area (Å²) < 4.78 is 33.3. The molecule has 1 saturated heterocycles. The van der Waals surface area contributed by atoms with Crippen molar-refractivity contribution in [3.63, 3.8) is 0 Å². The van der Waals surface area contributed by atoms with Gasteiger partial charge in [0, 0.05) is 43.9 Å². The number of pyridine rings is 1. The minimum Gasteiger partial charge on any atom is -0.443 e. The summed E-state index contributed by atoms with van der Waals surface area (Å²) in [4.78, 5) is 26.7. The van der Waals surface area contributed by atoms with Gasteiger partial charge in [0.2, 0.25) is 5.95 Å². The van der Waals surface area contributed by atoms with Gasteiger partial charge >= 0.3 is 16.3 Å². The Labute approximate surface area is 194 Å². The Kier molecular flexibility index (Phi) is 8.03. The van der Waals surface area contributed by atoms with Gasteiger partial charge in [0.25, 0.3) is 0 Å². The lowest BCUT2D eigenvalue weighted by molar-refractivity contribution is 0.0569. The minimum absolute atomic E-state index is 0.246. The number of rotatable bonds is 8. The van der Waals surface area contributed by atoms with Gasteiger partial charge in [-0.3, -0.25) is 4.98 Å². The number of nitrogens with zero attached hydrogens (tertiary/aromatic N) is 4. The normalized spacial score (nSPS) is 15.2. The van der Waals surface area contributed by atoms with Gasteiger partial charge in [-0.2, -0.15) is 18.1 Å². The van der Waals surface area contributed by atoms with Gasteiger partial charge < -0.3 is 15.0 Å². The number of carbonyl (C=O) groups is 1. The first kappa shape index (κ1) is 24.6. The number of hydrogen-bond donors (Lipinski definition) is 3. The molecule has 1 fully saturated rings. The SMILES string of the molecule is CC(C)(C)OC(=O)NS(=O)(=O)NCCC1CCN(c2ccnc(Nc3ccncc3)n2)CC1. The van der Waals surface area contributed by atoms with Crippen molar-refractivity contribution in [2.75, 3.05) is 29.9 Å². The van der Waals surface area contributed by atoms with E-state index >= 15 is 0 Å². The van der Waals surface area contributed by atoms with E-state index in [2.05, 4.69) is 29.9 Å². The first-order valence-corrected chi connectivity index (χ1v) is 12.3. The lowest BCUT2D eigenvalue weighted by Crippen LogP contribution is -2.43. The first-order chi connectivity index (χ1) is 15.6. The molecule has 3 N–H and O–H groups in total. The van der Waals surface area contributed by atoms with E-state index in [9.17, 15) is 13.2 Å². The predicted octanol–water partition coefficient (Wildman–Crippen LogP) is 2.58. The number of carbonyl (C=O) groups excluding carboxylic acids is 1. The molecule has 0 radical (unpaired) electrons. The van der Waals surface area contributed by atoms with Crippen LogP contribution in [0.25, 0.3) is 0 Å². The van der Waals surface area contributed by atoms with Gasteiger partial charge in [0.05, 0.1) is 0 Å². The molecular weight excluding hydrogens is 446 g/mol. The Morgan fingerprint density at radius 1 is 1.15 bits per heavy atom. The van der Waals surface area contributed by atoms with Crippen molar-refractivity contribution < 1.29 is 17.9 Å². The second kappa shape index (κ2) is 10.8. The van der Waals surface area contributed by atoms with Gasteiger partial charge in [-0.25, -0.2) is 14.5 Å². The molecule has 2 aromatic rings. The third-order valence-corrected chi connectivity index (χ3v) is 6.00. The molecule has 11 nitrogen and oxygen atoms in total. The summed E-state index contributed by atoms with van der Waals surface area (Å²) in [6.07, 6.45) is 6.64. The summed E-state index contributed by atoms with van der Waals surface area (Å²) in [5.74, 6) is 1.75. The Hall–Kier alpha value is -2.99. The van der Waals surface area contributed by atoms with E-state index in [-0.39, 0.29) is 6.54 Å². The molecule has 0 saturated carbocycles. The van der Waals surface area contributed by atoms with Crippen LogP contribution in [0.1, 0.15) is 40.0 Å². The highest BCUT2D eigenvalue weighted by Crippen LogP contribution is 2.24. The van der Waals surface area contributed by atoms with Crippen molar-refractivity contribution in [1.29, 1.82) is 0 Å². The molecule has 0 spiro atoms. The third kappa shape index (κ3) is 8.46. The van der Waals surface area contributed by atoms with E-state index in [0.29, 0.717) is 18.3 Å². The molecule has 1 aliphatic rings. The second-order valence-corrected chi connectivity index (χ2v) is 10.3. The van der Waals surface area contributed by atoms with Crippen LogP contribution in [0, 0.1) is 5.92 Å². The predicted molar refractivity (Wildman–Crippen MR) is 125 cm³/mol. The average molecular weight is 478 g/mol. The molecule has 0 unspecified atom stereocenters. The van der Waals surface area contributed by atoms with Gasteiger partial charge in [0.1, 0.15) is 11.4 Å². The lowest BCUT2D eigenvalue weighted by atomic mass is 9.94. The van der Waals surface area contributed by atoms with Gasteiger partial charge in [-0.05, 0) is 64.2 Å². The van der Waals surface area contributed by atoms with Crippen molar-refractivity contribution in [2.24, 2.45) is 5.92 Å². The quantitative estimate of drug-likeness (QED) is 0.523. The minimum atomic E-state index is -3.95. The molecule has 0 aromatic carbocycles. The van der Waals surface area contributed by atoms with Crippen molar-refractivity contribution in [1.82, 2.24) is 24.4 Å². The smallest absolute Gasteiger partial charge is 0.422 e. The van der Waals surface area contributed by atoms with Crippen LogP contribution in [0.3, 0.4) is 0 Å². The monoisotopic (exact) mass is 477 g/mol. The number of anilines is 3. The molecule has 180 valence electrons. The van der Waals surface area contributed by atoms with Crippen LogP contribution in [0.2, 0.25) is 0 Å². The standard InChI is InChI=1S/C21H31N7O4S/c1-21(2,3)32-20(29)27-33(30,31)24-13-4-16-8-14-28(15-9-16)18-7-12-23-19(26-18)25-17-5-10-22-11-6-17/h5-7,10-12,16,24H,4,8-9,13-15H2,1-3H3,(H,27,29)(H,22,23,25,26). The zero-order valence-corrected chi connectivity index (χ0v) is 19.9. The Morgan fingerprint density at radius 2 is 1.85 bits per heavy atom. The molecule has 1 aliphatic heterocycles. The summed E-state index contributed by atoms with van der Waals surface area (Å²) in [6, 6.07) is 5.58. The molecule has 2 aromatic heterocycles. The molecule has 33 heavy (non-hydrogen) atoms. The van der Waals surface area contributed by atoms with Crippen molar-refractivity contribution in [2.45, 2.75) is 45.6 Å². The number of nitrogens with one attached hydrogen (secondary N) is 3. The van der Waals surface area contributed by atoms with Crippen LogP contribution in [0.15, 0.2) is 36.8 Å². The molecule has 3 rings (SSSR count). The molecule has 0 bridgehead atoms. The zero-order valence-electron chi connectivity index (χ0n) is 19.1. The Bertz CT molecular complexity index is 1020. The van der Waals surface area contributed by atoms with Crippen LogP contribution >= 0.6 is 0 Å². The fraction of sp³-hybridized carbons (Fsp3) is 0.524. The van der Waals surface area contributed by atoms with E-state index in [4.69, 9.17) is 4.74 Å².